The van der Waals surface area contributed by atoms with Gasteiger partial charge in [0.05, 0.1) is 0 Å². The molecule has 162 valence electrons. The topological polar surface area (TPSA) is 71.3 Å². The molecule has 4 rings (SSSR count). The van der Waals surface area contributed by atoms with Crippen LogP contribution in [0.4, 0.5) is 0 Å². The Morgan fingerprint density at radius 2 is 1.74 bits per heavy atom. The maximum Gasteiger partial charge on any atom is 0.247 e. The number of nitrogens with one attached hydrogen (secondary N) is 1. The van der Waals surface area contributed by atoms with Gasteiger partial charge in [-0.1, -0.05) is 49.4 Å². The second-order valence-electron chi connectivity index (χ2n) is 8.42. The third kappa shape index (κ3) is 6.25. The molecular weight excluding hydrogens is 388 g/mol. The number of hydrogen-bond acceptors (Lipinski definition) is 5. The molecule has 0 saturated carbocycles. The van der Waals surface area contributed by atoms with Crippen LogP contribution in [0.1, 0.15) is 43.2 Å². The predicted molar refractivity (Wildman–Crippen MR) is 120 cm³/mol. The molecule has 0 unspecified atom stereocenters. The third-order valence-corrected chi connectivity index (χ3v) is 5.85. The molecule has 6 nitrogen and oxygen atoms in total. The summed E-state index contributed by atoms with van der Waals surface area (Å²) in [6.45, 7) is 6.25. The molecule has 2 aromatic carbocycles. The van der Waals surface area contributed by atoms with Crippen molar-refractivity contribution in [3.05, 3.63) is 71.6 Å². The van der Waals surface area contributed by atoms with Crippen molar-refractivity contribution < 1.29 is 9.21 Å². The molecule has 0 bridgehead atoms. The first kappa shape index (κ1) is 21.2. The van der Waals surface area contributed by atoms with E-state index in [1.54, 1.807) is 0 Å². The lowest BCUT2D eigenvalue weighted by Crippen LogP contribution is -2.32. The van der Waals surface area contributed by atoms with Crippen LogP contribution in [-0.4, -0.2) is 34.1 Å². The van der Waals surface area contributed by atoms with Gasteiger partial charge in [0.25, 0.3) is 0 Å². The fourth-order valence-electron chi connectivity index (χ4n) is 3.80. The number of likely N-dealkylation sites (tertiary alicyclic amines) is 1. The van der Waals surface area contributed by atoms with Crippen molar-refractivity contribution in [2.75, 3.05) is 13.1 Å². The summed E-state index contributed by atoms with van der Waals surface area (Å²) in [5.74, 6) is 1.79. The molecule has 1 aromatic heterocycles. The van der Waals surface area contributed by atoms with Crippen LogP contribution < -0.4 is 5.32 Å². The highest BCUT2D eigenvalue weighted by atomic mass is 16.4. The number of aromatic nitrogens is 2. The molecule has 0 atom stereocenters. The van der Waals surface area contributed by atoms with E-state index in [2.05, 4.69) is 51.6 Å². The van der Waals surface area contributed by atoms with E-state index in [0.29, 0.717) is 31.2 Å². The molecule has 1 saturated heterocycles. The number of hydrogen-bond donors (Lipinski definition) is 1. The van der Waals surface area contributed by atoms with Gasteiger partial charge < -0.3 is 9.73 Å². The average molecular weight is 419 g/mol. The lowest BCUT2D eigenvalue weighted by Gasteiger charge is -2.30. The van der Waals surface area contributed by atoms with Crippen molar-refractivity contribution in [1.29, 1.82) is 0 Å². The van der Waals surface area contributed by atoms with E-state index >= 15 is 0 Å². The first-order valence-electron chi connectivity index (χ1n) is 11.1. The zero-order valence-corrected chi connectivity index (χ0v) is 18.1. The first-order valence-corrected chi connectivity index (χ1v) is 11.1. The second kappa shape index (κ2) is 10.4. The minimum absolute atomic E-state index is 0.0222. The lowest BCUT2D eigenvalue weighted by molar-refractivity contribution is -0.121. The maximum absolute atomic E-state index is 12.2. The van der Waals surface area contributed by atoms with Gasteiger partial charge in [-0.25, -0.2) is 0 Å². The average Bonchev–Trinajstić information content (AvgIpc) is 3.28. The van der Waals surface area contributed by atoms with E-state index in [-0.39, 0.29) is 5.91 Å². The Balaban J connectivity index is 1.19. The Morgan fingerprint density at radius 1 is 1.03 bits per heavy atom. The van der Waals surface area contributed by atoms with Gasteiger partial charge in [-0.05, 0) is 55.1 Å². The Bertz CT molecular complexity index is 961. The van der Waals surface area contributed by atoms with Crippen LogP contribution in [0.25, 0.3) is 11.5 Å². The highest BCUT2D eigenvalue weighted by Gasteiger charge is 2.15. The molecule has 31 heavy (non-hydrogen) atoms. The number of amides is 1. The molecule has 3 aromatic rings. The Labute approximate surface area is 183 Å². The van der Waals surface area contributed by atoms with Gasteiger partial charge in [0.1, 0.15) is 0 Å². The minimum atomic E-state index is -0.0222. The van der Waals surface area contributed by atoms with Crippen LogP contribution in [0.5, 0.6) is 0 Å². The zero-order chi connectivity index (χ0) is 21.5. The summed E-state index contributed by atoms with van der Waals surface area (Å²) < 4.78 is 5.66. The highest BCUT2D eigenvalue weighted by Crippen LogP contribution is 2.19. The first-order chi connectivity index (χ1) is 15.2. The monoisotopic (exact) mass is 418 g/mol. The largest absolute Gasteiger partial charge is 0.421 e. The molecule has 6 heteroatoms. The zero-order valence-electron chi connectivity index (χ0n) is 18.1. The number of nitrogens with zero attached hydrogens (tertiary/aromatic N) is 3. The second-order valence-corrected chi connectivity index (χ2v) is 8.42. The van der Waals surface area contributed by atoms with Gasteiger partial charge in [-0.15, -0.1) is 10.2 Å². The lowest BCUT2D eigenvalue weighted by atomic mass is 9.99. The Morgan fingerprint density at radius 3 is 2.48 bits per heavy atom. The number of carbonyl (C=O) groups is 1. The quantitative estimate of drug-likeness (QED) is 0.593. The maximum atomic E-state index is 12.2. The summed E-state index contributed by atoms with van der Waals surface area (Å²) in [5, 5.41) is 11.1. The summed E-state index contributed by atoms with van der Waals surface area (Å²) in [7, 11) is 0. The summed E-state index contributed by atoms with van der Waals surface area (Å²) in [6, 6.07) is 18.2. The molecule has 1 amide bonds. The smallest absolute Gasteiger partial charge is 0.247 e. The van der Waals surface area contributed by atoms with Crippen molar-refractivity contribution in [3.8, 4) is 11.5 Å². The van der Waals surface area contributed by atoms with Crippen LogP contribution in [0, 0.1) is 5.92 Å². The van der Waals surface area contributed by atoms with Gasteiger partial charge in [-0.3, -0.25) is 9.69 Å². The van der Waals surface area contributed by atoms with Crippen LogP contribution in [0.3, 0.4) is 0 Å². The molecular formula is C25H30N4O2. The van der Waals surface area contributed by atoms with Crippen LogP contribution in [0.15, 0.2) is 59.0 Å². The van der Waals surface area contributed by atoms with Crippen molar-refractivity contribution in [2.24, 2.45) is 5.92 Å². The van der Waals surface area contributed by atoms with Crippen molar-refractivity contribution >= 4 is 5.91 Å². The van der Waals surface area contributed by atoms with Crippen molar-refractivity contribution in [3.63, 3.8) is 0 Å². The summed E-state index contributed by atoms with van der Waals surface area (Å²) >= 11 is 0. The van der Waals surface area contributed by atoms with E-state index in [0.717, 1.165) is 23.6 Å². The fourth-order valence-corrected chi connectivity index (χ4v) is 3.80. The van der Waals surface area contributed by atoms with Gasteiger partial charge in [0.15, 0.2) is 0 Å². The van der Waals surface area contributed by atoms with Gasteiger partial charge in [0.2, 0.25) is 17.7 Å². The SMILES string of the molecule is CC1CCN(Cc2ccc(CNC(=O)CCc3nnc(-c4ccccc4)o3)cc2)CC1. The van der Waals surface area contributed by atoms with E-state index in [4.69, 9.17) is 4.42 Å². The van der Waals surface area contributed by atoms with Gasteiger partial charge in [0, 0.05) is 31.5 Å². The summed E-state index contributed by atoms with van der Waals surface area (Å²) in [6.07, 6.45) is 3.34. The Kier molecular flexibility index (Phi) is 7.10. The summed E-state index contributed by atoms with van der Waals surface area (Å²) in [5.41, 5.74) is 3.31. The Hall–Kier alpha value is -2.99. The molecule has 2 heterocycles. The highest BCUT2D eigenvalue weighted by molar-refractivity contribution is 5.76. The molecule has 0 aliphatic carbocycles. The number of aryl methyl sites for hydroxylation is 1. The summed E-state index contributed by atoms with van der Waals surface area (Å²) in [4.78, 5) is 14.7. The number of piperidine rings is 1. The van der Waals surface area contributed by atoms with E-state index in [1.165, 1.54) is 31.5 Å². The number of benzene rings is 2. The molecule has 1 aliphatic rings. The van der Waals surface area contributed by atoms with Gasteiger partial charge >= 0.3 is 0 Å². The molecule has 1 N–H and O–H groups in total. The molecule has 1 fully saturated rings. The molecule has 0 spiro atoms. The third-order valence-electron chi connectivity index (χ3n) is 5.85. The van der Waals surface area contributed by atoms with E-state index < -0.39 is 0 Å². The standard InChI is InChI=1S/C25H30N4O2/c1-19-13-15-29(16-14-19)18-21-9-7-20(8-10-21)17-26-23(30)11-12-24-27-28-25(31-24)22-5-3-2-4-6-22/h2-10,19H,11-18H2,1H3,(H,26,30). The van der Waals surface area contributed by atoms with Crippen molar-refractivity contribution in [1.82, 2.24) is 20.4 Å². The van der Waals surface area contributed by atoms with Gasteiger partial charge in [-0.2, -0.15) is 0 Å². The number of rotatable bonds is 8. The predicted octanol–water partition coefficient (Wildman–Crippen LogP) is 4.22. The number of carbonyl (C=O) groups excluding carboxylic acids is 1. The van der Waals surface area contributed by atoms with Crippen molar-refractivity contribution in [2.45, 2.75) is 45.7 Å². The molecule has 0 radical (unpaired) electrons. The fraction of sp³-hybridized carbons (Fsp3) is 0.400. The molecule has 1 aliphatic heterocycles. The van der Waals surface area contributed by atoms with E-state index in [1.807, 2.05) is 30.3 Å². The van der Waals surface area contributed by atoms with Crippen LogP contribution in [0.2, 0.25) is 0 Å². The van der Waals surface area contributed by atoms with E-state index in [9.17, 15) is 4.79 Å². The minimum Gasteiger partial charge on any atom is -0.421 e. The van der Waals surface area contributed by atoms with Crippen LogP contribution in [-0.2, 0) is 24.3 Å². The normalized spacial score (nSPS) is 15.1. The van der Waals surface area contributed by atoms with Crippen LogP contribution >= 0.6 is 0 Å².